The number of rotatable bonds is 5. The van der Waals surface area contributed by atoms with Crippen LogP contribution in [0.2, 0.25) is 5.02 Å². The molecule has 5 nitrogen and oxygen atoms in total. The number of hydrogen-bond donors (Lipinski definition) is 1. The molecule has 0 fully saturated rings. The summed E-state index contributed by atoms with van der Waals surface area (Å²) in [6.45, 7) is 1.39. The van der Waals surface area contributed by atoms with Crippen molar-refractivity contribution in [1.82, 2.24) is 19.7 Å². The standard InChI is InChI=1S/C16H17ClN4O/c1-20-14-6-2-5-13(17)12(14)11-15(20)16(22)18-7-3-9-21-10-4-8-19-21/h2,4-6,8,10-11H,3,7,9H2,1H3,(H,18,22). The van der Waals surface area contributed by atoms with Gasteiger partial charge in [0.1, 0.15) is 5.69 Å². The van der Waals surface area contributed by atoms with Crippen LogP contribution < -0.4 is 5.32 Å². The van der Waals surface area contributed by atoms with Crippen molar-refractivity contribution in [2.75, 3.05) is 6.54 Å². The molecule has 2 aromatic heterocycles. The Hall–Kier alpha value is -2.27. The molecule has 22 heavy (non-hydrogen) atoms. The number of carbonyl (C=O) groups is 1. The molecule has 114 valence electrons. The molecule has 0 aliphatic carbocycles. The van der Waals surface area contributed by atoms with E-state index in [4.69, 9.17) is 11.6 Å². The van der Waals surface area contributed by atoms with E-state index in [-0.39, 0.29) is 5.91 Å². The van der Waals surface area contributed by atoms with Crippen LogP contribution in [-0.4, -0.2) is 26.8 Å². The first-order valence-corrected chi connectivity index (χ1v) is 7.54. The highest BCUT2D eigenvalue weighted by atomic mass is 35.5. The topological polar surface area (TPSA) is 51.9 Å². The molecule has 1 amide bonds. The van der Waals surface area contributed by atoms with Gasteiger partial charge < -0.3 is 9.88 Å². The molecule has 0 unspecified atom stereocenters. The van der Waals surface area contributed by atoms with E-state index in [1.807, 2.05) is 52.8 Å². The number of amides is 1. The number of nitrogens with one attached hydrogen (secondary N) is 1. The van der Waals surface area contributed by atoms with Crippen molar-refractivity contribution in [3.05, 3.63) is 53.4 Å². The number of hydrogen-bond acceptors (Lipinski definition) is 2. The summed E-state index contributed by atoms with van der Waals surface area (Å²) in [7, 11) is 1.87. The Morgan fingerprint density at radius 3 is 2.95 bits per heavy atom. The van der Waals surface area contributed by atoms with Crippen molar-refractivity contribution in [3.8, 4) is 0 Å². The number of benzene rings is 1. The van der Waals surface area contributed by atoms with Gasteiger partial charge in [-0.05, 0) is 30.7 Å². The number of aryl methyl sites for hydroxylation is 2. The van der Waals surface area contributed by atoms with Gasteiger partial charge in [0.25, 0.3) is 5.91 Å². The quantitative estimate of drug-likeness (QED) is 0.736. The zero-order valence-electron chi connectivity index (χ0n) is 12.3. The summed E-state index contributed by atoms with van der Waals surface area (Å²) in [5.74, 6) is -0.0877. The highest BCUT2D eigenvalue weighted by Crippen LogP contribution is 2.26. The number of aromatic nitrogens is 3. The van der Waals surface area contributed by atoms with Gasteiger partial charge in [0.15, 0.2) is 0 Å². The Morgan fingerprint density at radius 1 is 1.36 bits per heavy atom. The fourth-order valence-electron chi connectivity index (χ4n) is 2.51. The molecule has 0 radical (unpaired) electrons. The van der Waals surface area contributed by atoms with Crippen LogP contribution in [0.3, 0.4) is 0 Å². The third kappa shape index (κ3) is 2.85. The summed E-state index contributed by atoms with van der Waals surface area (Å²) < 4.78 is 3.72. The number of fused-ring (bicyclic) bond motifs is 1. The van der Waals surface area contributed by atoms with Crippen LogP contribution in [0.4, 0.5) is 0 Å². The minimum Gasteiger partial charge on any atom is -0.351 e. The summed E-state index contributed by atoms with van der Waals surface area (Å²) >= 11 is 6.18. The van der Waals surface area contributed by atoms with Crippen molar-refractivity contribution in [1.29, 1.82) is 0 Å². The van der Waals surface area contributed by atoms with Crippen LogP contribution in [0.15, 0.2) is 42.7 Å². The average molecular weight is 317 g/mol. The van der Waals surface area contributed by atoms with Gasteiger partial charge in [-0.2, -0.15) is 5.10 Å². The molecule has 1 aromatic carbocycles. The van der Waals surface area contributed by atoms with E-state index in [0.717, 1.165) is 23.9 Å². The van der Waals surface area contributed by atoms with Crippen molar-refractivity contribution < 1.29 is 4.79 Å². The van der Waals surface area contributed by atoms with Crippen LogP contribution in [0.5, 0.6) is 0 Å². The SMILES string of the molecule is Cn1c(C(=O)NCCCn2cccn2)cc2c(Cl)cccc21. The van der Waals surface area contributed by atoms with Gasteiger partial charge >= 0.3 is 0 Å². The lowest BCUT2D eigenvalue weighted by Gasteiger charge is -2.06. The van der Waals surface area contributed by atoms with E-state index in [1.165, 1.54) is 0 Å². The predicted octanol–water partition coefficient (Wildman–Crippen LogP) is 2.85. The highest BCUT2D eigenvalue weighted by molar-refractivity contribution is 6.35. The Morgan fingerprint density at radius 2 is 2.23 bits per heavy atom. The van der Waals surface area contributed by atoms with E-state index < -0.39 is 0 Å². The maximum atomic E-state index is 12.3. The second-order valence-electron chi connectivity index (χ2n) is 5.14. The second-order valence-corrected chi connectivity index (χ2v) is 5.55. The third-order valence-corrected chi connectivity index (χ3v) is 4.00. The summed E-state index contributed by atoms with van der Waals surface area (Å²) in [4.78, 5) is 12.3. The van der Waals surface area contributed by atoms with Crippen LogP contribution >= 0.6 is 11.6 Å². The van der Waals surface area contributed by atoms with Crippen molar-refractivity contribution in [3.63, 3.8) is 0 Å². The van der Waals surface area contributed by atoms with Crippen LogP contribution in [0, 0.1) is 0 Å². The molecule has 2 heterocycles. The molecule has 3 aromatic rings. The molecule has 0 atom stereocenters. The summed E-state index contributed by atoms with van der Waals surface area (Å²) in [6, 6.07) is 9.39. The monoisotopic (exact) mass is 316 g/mol. The first-order chi connectivity index (χ1) is 10.7. The predicted molar refractivity (Wildman–Crippen MR) is 87.1 cm³/mol. The molecule has 3 rings (SSSR count). The fraction of sp³-hybridized carbons (Fsp3) is 0.250. The first kappa shape index (κ1) is 14.7. The van der Waals surface area contributed by atoms with Crippen molar-refractivity contribution >= 4 is 28.4 Å². The highest BCUT2D eigenvalue weighted by Gasteiger charge is 2.14. The summed E-state index contributed by atoms with van der Waals surface area (Å²) in [5, 5.41) is 8.62. The Bertz CT molecular complexity index is 792. The lowest BCUT2D eigenvalue weighted by Crippen LogP contribution is -2.27. The molecule has 1 N–H and O–H groups in total. The van der Waals surface area contributed by atoms with E-state index >= 15 is 0 Å². The molecule has 6 heteroatoms. The smallest absolute Gasteiger partial charge is 0.267 e. The first-order valence-electron chi connectivity index (χ1n) is 7.16. The molecule has 0 saturated carbocycles. The molecule has 0 spiro atoms. The van der Waals surface area contributed by atoms with Gasteiger partial charge in [0.2, 0.25) is 0 Å². The van der Waals surface area contributed by atoms with Crippen molar-refractivity contribution in [2.24, 2.45) is 7.05 Å². The molecule has 0 saturated heterocycles. The largest absolute Gasteiger partial charge is 0.351 e. The normalized spacial score (nSPS) is 11.0. The Balaban J connectivity index is 1.65. The summed E-state index contributed by atoms with van der Waals surface area (Å²) in [6.07, 6.45) is 4.49. The van der Waals surface area contributed by atoms with E-state index in [0.29, 0.717) is 17.3 Å². The van der Waals surface area contributed by atoms with E-state index in [2.05, 4.69) is 10.4 Å². The zero-order valence-corrected chi connectivity index (χ0v) is 13.0. The average Bonchev–Trinajstić information content (AvgIpc) is 3.13. The fourth-order valence-corrected chi connectivity index (χ4v) is 2.73. The molecule has 0 bridgehead atoms. The van der Waals surface area contributed by atoms with Gasteiger partial charge in [0, 0.05) is 48.5 Å². The second kappa shape index (κ2) is 6.23. The molecular weight excluding hydrogens is 300 g/mol. The Labute approximate surface area is 133 Å². The maximum Gasteiger partial charge on any atom is 0.267 e. The summed E-state index contributed by atoms with van der Waals surface area (Å²) in [5.41, 5.74) is 1.57. The number of nitrogens with zero attached hydrogens (tertiary/aromatic N) is 3. The maximum absolute atomic E-state index is 12.3. The molecule has 0 aliphatic rings. The minimum absolute atomic E-state index is 0.0877. The van der Waals surface area contributed by atoms with E-state index in [9.17, 15) is 4.79 Å². The van der Waals surface area contributed by atoms with Gasteiger partial charge in [-0.3, -0.25) is 9.48 Å². The third-order valence-electron chi connectivity index (χ3n) is 3.68. The van der Waals surface area contributed by atoms with Gasteiger partial charge in [-0.1, -0.05) is 17.7 Å². The lowest BCUT2D eigenvalue weighted by atomic mass is 10.2. The number of carbonyl (C=O) groups excluding carboxylic acids is 1. The molecule has 0 aliphatic heterocycles. The van der Waals surface area contributed by atoms with Gasteiger partial charge in [-0.15, -0.1) is 0 Å². The molecular formula is C16H17ClN4O. The minimum atomic E-state index is -0.0877. The lowest BCUT2D eigenvalue weighted by molar-refractivity contribution is 0.0945. The van der Waals surface area contributed by atoms with E-state index in [1.54, 1.807) is 6.20 Å². The van der Waals surface area contributed by atoms with Crippen molar-refractivity contribution in [2.45, 2.75) is 13.0 Å². The number of halogens is 1. The van der Waals surface area contributed by atoms with Crippen LogP contribution in [-0.2, 0) is 13.6 Å². The van der Waals surface area contributed by atoms with Gasteiger partial charge in [0.05, 0.1) is 0 Å². The van der Waals surface area contributed by atoms with Gasteiger partial charge in [-0.25, -0.2) is 0 Å². The van der Waals surface area contributed by atoms with Crippen LogP contribution in [0.25, 0.3) is 10.9 Å². The Kier molecular flexibility index (Phi) is 4.15. The zero-order chi connectivity index (χ0) is 15.5. The van der Waals surface area contributed by atoms with Crippen LogP contribution in [0.1, 0.15) is 16.9 Å².